The van der Waals surface area contributed by atoms with Crippen LogP contribution in [0.4, 0.5) is 8.78 Å². The summed E-state index contributed by atoms with van der Waals surface area (Å²) in [6, 6.07) is 10.6. The lowest BCUT2D eigenvalue weighted by Gasteiger charge is -2.16. The van der Waals surface area contributed by atoms with Crippen LogP contribution in [0.25, 0.3) is 39.2 Å². The number of halogens is 2. The lowest BCUT2D eigenvalue weighted by atomic mass is 10.1. The van der Waals surface area contributed by atoms with Gasteiger partial charge in [-0.15, -0.1) is 0 Å². The van der Waals surface area contributed by atoms with Gasteiger partial charge in [0.1, 0.15) is 23.8 Å². The third-order valence-electron chi connectivity index (χ3n) is 6.21. The summed E-state index contributed by atoms with van der Waals surface area (Å²) in [7, 11) is 1.85. The van der Waals surface area contributed by atoms with Gasteiger partial charge in [0.05, 0.1) is 28.5 Å². The van der Waals surface area contributed by atoms with Gasteiger partial charge in [0.25, 0.3) is 0 Å². The second-order valence-electron chi connectivity index (χ2n) is 8.71. The molecule has 3 heterocycles. The molecule has 6 rings (SSSR count). The minimum absolute atomic E-state index is 0.0884. The molecule has 2 N–H and O–H groups in total. The molecular weight excluding hydrogens is 488 g/mol. The predicted molar refractivity (Wildman–Crippen MR) is 129 cm³/mol. The van der Waals surface area contributed by atoms with Gasteiger partial charge in [0.2, 0.25) is 11.3 Å². The summed E-state index contributed by atoms with van der Waals surface area (Å²) in [4.78, 5) is 13.7. The van der Waals surface area contributed by atoms with Crippen LogP contribution in [0.2, 0.25) is 0 Å². The number of aryl methyl sites for hydroxylation is 1. The number of fused-ring (bicyclic) bond motifs is 1. The Morgan fingerprint density at radius 1 is 1.08 bits per heavy atom. The van der Waals surface area contributed by atoms with E-state index in [1.165, 1.54) is 6.07 Å². The Balaban J connectivity index is 1.50. The first kappa shape index (κ1) is 22.6. The van der Waals surface area contributed by atoms with E-state index in [0.29, 0.717) is 24.2 Å². The fraction of sp³-hybridized carbons (Fsp3) is 0.167. The lowest BCUT2D eigenvalue weighted by Crippen LogP contribution is -2.32. The molecule has 1 aliphatic carbocycles. The Morgan fingerprint density at radius 3 is 2.61 bits per heavy atom. The molecule has 12 heteroatoms. The van der Waals surface area contributed by atoms with E-state index in [4.69, 9.17) is 0 Å². The van der Waals surface area contributed by atoms with E-state index in [9.17, 15) is 17.5 Å². The Bertz CT molecular complexity index is 1660. The highest BCUT2D eigenvalue weighted by Crippen LogP contribution is 2.45. The zero-order chi connectivity index (χ0) is 25.0. The molecule has 0 aliphatic heterocycles. The molecule has 5 aromatic rings. The van der Waals surface area contributed by atoms with Gasteiger partial charge in [-0.3, -0.25) is 13.8 Å². The van der Waals surface area contributed by atoms with Crippen molar-refractivity contribution in [3.8, 4) is 28.2 Å². The first-order valence-electron chi connectivity index (χ1n) is 11.0. The van der Waals surface area contributed by atoms with E-state index in [1.807, 2.05) is 31.4 Å². The summed E-state index contributed by atoms with van der Waals surface area (Å²) in [6.07, 6.45) is 6.35. The van der Waals surface area contributed by atoms with E-state index in [1.54, 1.807) is 27.8 Å². The number of benzene rings is 2. The molecule has 1 saturated carbocycles. The molecule has 1 aliphatic rings. The number of rotatable bonds is 6. The molecule has 1 fully saturated rings. The van der Waals surface area contributed by atoms with Gasteiger partial charge < -0.3 is 0 Å². The molecule has 1 unspecified atom stereocenters. The Morgan fingerprint density at radius 2 is 1.92 bits per heavy atom. The molecule has 0 bridgehead atoms. The number of imidazole rings is 1. The summed E-state index contributed by atoms with van der Waals surface area (Å²) in [5.74, 6) is -0.834. The van der Waals surface area contributed by atoms with Crippen molar-refractivity contribution in [2.45, 2.75) is 18.4 Å². The maximum Gasteiger partial charge on any atom is 0.232 e. The van der Waals surface area contributed by atoms with Crippen LogP contribution in [0.15, 0.2) is 61.2 Å². The largest absolute Gasteiger partial charge is 0.294 e. The van der Waals surface area contributed by atoms with E-state index in [0.717, 1.165) is 28.8 Å². The van der Waals surface area contributed by atoms with Gasteiger partial charge in [-0.2, -0.15) is 5.10 Å². The SMILES string of the molecule is Cn1cc(-c2ccc3c(c2)ncn3-c2cc(-c3ccc(F)cc3F)nc(C3(NS(=O)O)CC3)n2)cn1. The van der Waals surface area contributed by atoms with Gasteiger partial charge >= 0.3 is 0 Å². The van der Waals surface area contributed by atoms with Crippen LogP contribution in [0.5, 0.6) is 0 Å². The third kappa shape index (κ3) is 3.98. The molecule has 0 amide bonds. The standard InChI is InChI=1S/C24H19F2N7O2S/c1-32-12-15(11-28-32)14-2-5-21-20(8-14)27-13-33(21)22-10-19(17-4-3-16(25)9-18(17)26)29-23(30-22)24(6-7-24)31-36(34)35/h2-5,8-13,31H,6-7H2,1H3,(H,34,35). The number of aromatic nitrogens is 6. The number of hydrogen-bond acceptors (Lipinski definition) is 5. The van der Waals surface area contributed by atoms with Crippen molar-refractivity contribution in [1.29, 1.82) is 0 Å². The average molecular weight is 508 g/mol. The lowest BCUT2D eigenvalue weighted by molar-refractivity contribution is 0.512. The van der Waals surface area contributed by atoms with Crippen LogP contribution >= 0.6 is 0 Å². The monoisotopic (exact) mass is 507 g/mol. The van der Waals surface area contributed by atoms with Crippen LogP contribution < -0.4 is 4.72 Å². The van der Waals surface area contributed by atoms with Crippen molar-refractivity contribution in [3.63, 3.8) is 0 Å². The van der Waals surface area contributed by atoms with Crippen LogP contribution in [-0.4, -0.2) is 38.1 Å². The fourth-order valence-electron chi connectivity index (χ4n) is 4.22. The first-order chi connectivity index (χ1) is 17.3. The van der Waals surface area contributed by atoms with Gasteiger partial charge in [0.15, 0.2) is 5.82 Å². The summed E-state index contributed by atoms with van der Waals surface area (Å²) < 4.78 is 55.3. The third-order valence-corrected chi connectivity index (χ3v) is 6.78. The Kier molecular flexibility index (Phi) is 5.25. The van der Waals surface area contributed by atoms with Crippen LogP contribution in [0.1, 0.15) is 18.7 Å². The minimum Gasteiger partial charge on any atom is -0.294 e. The van der Waals surface area contributed by atoms with Crippen molar-refractivity contribution in [1.82, 2.24) is 34.0 Å². The number of hydrogen-bond donors (Lipinski definition) is 2. The fourth-order valence-corrected chi connectivity index (χ4v) is 4.85. The van der Waals surface area contributed by atoms with Crippen LogP contribution in [0.3, 0.4) is 0 Å². The van der Waals surface area contributed by atoms with Crippen molar-refractivity contribution < 1.29 is 17.5 Å². The maximum atomic E-state index is 14.7. The smallest absolute Gasteiger partial charge is 0.232 e. The highest BCUT2D eigenvalue weighted by atomic mass is 32.2. The predicted octanol–water partition coefficient (Wildman–Crippen LogP) is 3.88. The zero-order valence-corrected chi connectivity index (χ0v) is 19.7. The molecule has 36 heavy (non-hydrogen) atoms. The van der Waals surface area contributed by atoms with Crippen LogP contribution in [-0.2, 0) is 23.9 Å². The van der Waals surface area contributed by atoms with E-state index in [2.05, 4.69) is 24.8 Å². The molecule has 182 valence electrons. The molecule has 1 atom stereocenters. The molecule has 9 nitrogen and oxygen atoms in total. The zero-order valence-electron chi connectivity index (χ0n) is 18.9. The number of nitrogens with one attached hydrogen (secondary N) is 1. The number of nitrogens with zero attached hydrogens (tertiary/aromatic N) is 6. The van der Waals surface area contributed by atoms with E-state index >= 15 is 0 Å². The molecule has 0 spiro atoms. The molecular formula is C24H19F2N7O2S. The second kappa shape index (κ2) is 8.36. The second-order valence-corrected chi connectivity index (χ2v) is 9.42. The van der Waals surface area contributed by atoms with E-state index < -0.39 is 28.4 Å². The summed E-state index contributed by atoms with van der Waals surface area (Å²) in [6.45, 7) is 0. The van der Waals surface area contributed by atoms with Gasteiger partial charge in [-0.1, -0.05) is 6.07 Å². The molecule has 2 aromatic carbocycles. The van der Waals surface area contributed by atoms with Crippen molar-refractivity contribution in [2.24, 2.45) is 7.05 Å². The highest BCUT2D eigenvalue weighted by Gasteiger charge is 2.49. The van der Waals surface area contributed by atoms with Crippen molar-refractivity contribution >= 4 is 22.3 Å². The topological polar surface area (TPSA) is 111 Å². The van der Waals surface area contributed by atoms with Gasteiger partial charge in [0, 0.05) is 36.5 Å². The van der Waals surface area contributed by atoms with Gasteiger partial charge in [-0.25, -0.2) is 32.7 Å². The van der Waals surface area contributed by atoms with Gasteiger partial charge in [-0.05, 0) is 42.7 Å². The van der Waals surface area contributed by atoms with Crippen LogP contribution in [0, 0.1) is 11.6 Å². The summed E-state index contributed by atoms with van der Waals surface area (Å²) in [5.41, 5.74) is 2.76. The minimum atomic E-state index is -2.30. The normalized spacial score (nSPS) is 15.3. The maximum absolute atomic E-state index is 14.7. The quantitative estimate of drug-likeness (QED) is 0.338. The Hall–Kier alpha value is -3.87. The molecule has 0 saturated heterocycles. The molecule has 0 radical (unpaired) electrons. The van der Waals surface area contributed by atoms with Crippen molar-refractivity contribution in [3.05, 3.63) is 78.6 Å². The summed E-state index contributed by atoms with van der Waals surface area (Å²) in [5, 5.41) is 4.21. The Labute approximate surface area is 206 Å². The van der Waals surface area contributed by atoms with E-state index in [-0.39, 0.29) is 17.1 Å². The highest BCUT2D eigenvalue weighted by molar-refractivity contribution is 7.77. The van der Waals surface area contributed by atoms with Crippen molar-refractivity contribution in [2.75, 3.05) is 0 Å². The average Bonchev–Trinajstić information content (AvgIpc) is 3.28. The first-order valence-corrected chi connectivity index (χ1v) is 12.1. The summed E-state index contributed by atoms with van der Waals surface area (Å²) >= 11 is -2.30. The molecule has 3 aromatic heterocycles.